The first-order valence-electron chi connectivity index (χ1n) is 7.15. The number of aromatic nitrogens is 2. The molecule has 2 rings (SSSR count). The highest BCUT2D eigenvalue weighted by atomic mass is 15.1. The summed E-state index contributed by atoms with van der Waals surface area (Å²) < 4.78 is 0. The fraction of sp³-hybridized carbons (Fsp3) is 0.714. The summed E-state index contributed by atoms with van der Waals surface area (Å²) in [4.78, 5) is 11.4. The largest absolute Gasteiger partial charge is 0.369 e. The van der Waals surface area contributed by atoms with Crippen molar-refractivity contribution >= 4 is 5.82 Å². The highest BCUT2D eigenvalue weighted by Gasteiger charge is 2.10. The van der Waals surface area contributed by atoms with Gasteiger partial charge in [-0.25, -0.2) is 4.98 Å². The van der Waals surface area contributed by atoms with Crippen LogP contribution in [0, 0.1) is 0 Å². The van der Waals surface area contributed by atoms with Crippen molar-refractivity contribution in [2.75, 3.05) is 25.0 Å². The number of anilines is 1. The van der Waals surface area contributed by atoms with Crippen molar-refractivity contribution in [3.8, 4) is 0 Å². The van der Waals surface area contributed by atoms with Gasteiger partial charge in [0.05, 0.1) is 18.1 Å². The highest BCUT2D eigenvalue weighted by molar-refractivity contribution is 5.30. The Labute approximate surface area is 110 Å². The van der Waals surface area contributed by atoms with E-state index in [-0.39, 0.29) is 0 Å². The number of nitrogens with zero attached hydrogens (tertiary/aromatic N) is 3. The SMILES string of the molecule is CCCNc1cnc(CN2CCCCCC2)cn1. The van der Waals surface area contributed by atoms with E-state index in [1.54, 1.807) is 0 Å². The van der Waals surface area contributed by atoms with Crippen molar-refractivity contribution in [3.63, 3.8) is 0 Å². The van der Waals surface area contributed by atoms with E-state index in [1.165, 1.54) is 38.8 Å². The summed E-state index contributed by atoms with van der Waals surface area (Å²) >= 11 is 0. The maximum Gasteiger partial charge on any atom is 0.144 e. The molecule has 0 unspecified atom stereocenters. The molecule has 1 aromatic rings. The average Bonchev–Trinajstić information content (AvgIpc) is 2.67. The zero-order valence-corrected chi connectivity index (χ0v) is 11.4. The smallest absolute Gasteiger partial charge is 0.144 e. The van der Waals surface area contributed by atoms with Crippen molar-refractivity contribution < 1.29 is 0 Å². The quantitative estimate of drug-likeness (QED) is 0.870. The number of nitrogens with one attached hydrogen (secondary N) is 1. The molecule has 1 aliphatic heterocycles. The van der Waals surface area contributed by atoms with Crippen LogP contribution in [0.4, 0.5) is 5.82 Å². The van der Waals surface area contributed by atoms with Crippen LogP contribution >= 0.6 is 0 Å². The van der Waals surface area contributed by atoms with Crippen molar-refractivity contribution in [2.24, 2.45) is 0 Å². The van der Waals surface area contributed by atoms with E-state index in [2.05, 4.69) is 27.1 Å². The van der Waals surface area contributed by atoms with E-state index in [1.807, 2.05) is 12.4 Å². The van der Waals surface area contributed by atoms with Gasteiger partial charge in [0.2, 0.25) is 0 Å². The predicted molar refractivity (Wildman–Crippen MR) is 74.6 cm³/mol. The van der Waals surface area contributed by atoms with E-state index >= 15 is 0 Å². The van der Waals surface area contributed by atoms with Gasteiger partial charge in [-0.05, 0) is 32.4 Å². The summed E-state index contributed by atoms with van der Waals surface area (Å²) in [5.74, 6) is 0.886. The standard InChI is InChI=1S/C14H24N4/c1-2-7-15-14-11-16-13(10-17-14)12-18-8-5-3-4-6-9-18/h10-11H,2-9,12H2,1H3,(H,15,17). The first-order chi connectivity index (χ1) is 8.88. The molecule has 0 aromatic carbocycles. The molecule has 4 nitrogen and oxygen atoms in total. The third-order valence-electron chi connectivity index (χ3n) is 3.35. The van der Waals surface area contributed by atoms with Crippen molar-refractivity contribution in [2.45, 2.75) is 45.6 Å². The molecule has 0 amide bonds. The van der Waals surface area contributed by atoms with Gasteiger partial charge in [0.1, 0.15) is 5.82 Å². The molecule has 1 N–H and O–H groups in total. The number of rotatable bonds is 5. The van der Waals surface area contributed by atoms with Crippen LogP contribution in [0.15, 0.2) is 12.4 Å². The lowest BCUT2D eigenvalue weighted by Gasteiger charge is -2.18. The fourth-order valence-electron chi connectivity index (χ4n) is 2.30. The third-order valence-corrected chi connectivity index (χ3v) is 3.35. The molecule has 1 saturated heterocycles. The van der Waals surface area contributed by atoms with E-state index in [0.29, 0.717) is 0 Å². The van der Waals surface area contributed by atoms with Crippen LogP contribution in [-0.2, 0) is 6.54 Å². The second kappa shape index (κ2) is 7.31. The second-order valence-corrected chi connectivity index (χ2v) is 5.01. The summed E-state index contributed by atoms with van der Waals surface area (Å²) in [5.41, 5.74) is 1.08. The first-order valence-corrected chi connectivity index (χ1v) is 7.15. The zero-order chi connectivity index (χ0) is 12.6. The maximum absolute atomic E-state index is 4.49. The molecule has 18 heavy (non-hydrogen) atoms. The summed E-state index contributed by atoms with van der Waals surface area (Å²) in [6.07, 6.45) is 10.3. The molecule has 1 fully saturated rings. The molecular formula is C14H24N4. The molecule has 0 bridgehead atoms. The van der Waals surface area contributed by atoms with E-state index in [0.717, 1.165) is 31.0 Å². The van der Waals surface area contributed by atoms with Crippen LogP contribution in [0.25, 0.3) is 0 Å². The Morgan fingerprint density at radius 1 is 1.11 bits per heavy atom. The normalized spacial score (nSPS) is 17.4. The fourth-order valence-corrected chi connectivity index (χ4v) is 2.30. The van der Waals surface area contributed by atoms with Gasteiger partial charge in [-0.1, -0.05) is 19.8 Å². The van der Waals surface area contributed by atoms with Gasteiger partial charge in [-0.15, -0.1) is 0 Å². The van der Waals surface area contributed by atoms with Gasteiger partial charge in [-0.2, -0.15) is 0 Å². The summed E-state index contributed by atoms with van der Waals surface area (Å²) in [6.45, 7) is 6.46. The van der Waals surface area contributed by atoms with Crippen LogP contribution in [0.1, 0.15) is 44.7 Å². The second-order valence-electron chi connectivity index (χ2n) is 5.01. The zero-order valence-electron chi connectivity index (χ0n) is 11.4. The monoisotopic (exact) mass is 248 g/mol. The third kappa shape index (κ3) is 4.26. The lowest BCUT2D eigenvalue weighted by Crippen LogP contribution is -2.24. The number of hydrogen-bond donors (Lipinski definition) is 1. The van der Waals surface area contributed by atoms with Gasteiger partial charge in [-0.3, -0.25) is 9.88 Å². The van der Waals surface area contributed by atoms with Gasteiger partial charge >= 0.3 is 0 Å². The first kappa shape index (κ1) is 13.3. The minimum absolute atomic E-state index is 0.886. The topological polar surface area (TPSA) is 41.1 Å². The van der Waals surface area contributed by atoms with Crippen LogP contribution < -0.4 is 5.32 Å². The van der Waals surface area contributed by atoms with Crippen molar-refractivity contribution in [1.29, 1.82) is 0 Å². The Morgan fingerprint density at radius 2 is 1.89 bits per heavy atom. The molecule has 1 aliphatic rings. The summed E-state index contributed by atoms with van der Waals surface area (Å²) in [7, 11) is 0. The minimum Gasteiger partial charge on any atom is -0.369 e. The Kier molecular flexibility index (Phi) is 5.39. The molecule has 2 heterocycles. The number of hydrogen-bond acceptors (Lipinski definition) is 4. The Bertz CT molecular complexity index is 328. The van der Waals surface area contributed by atoms with Gasteiger partial charge in [0.25, 0.3) is 0 Å². The molecule has 0 spiro atoms. The minimum atomic E-state index is 0.886. The highest BCUT2D eigenvalue weighted by Crippen LogP contribution is 2.12. The van der Waals surface area contributed by atoms with E-state index in [4.69, 9.17) is 0 Å². The molecule has 0 atom stereocenters. The molecule has 100 valence electrons. The molecular weight excluding hydrogens is 224 g/mol. The van der Waals surface area contributed by atoms with Crippen LogP contribution in [0.2, 0.25) is 0 Å². The Morgan fingerprint density at radius 3 is 2.50 bits per heavy atom. The Balaban J connectivity index is 1.84. The lowest BCUT2D eigenvalue weighted by molar-refractivity contribution is 0.273. The number of likely N-dealkylation sites (tertiary alicyclic amines) is 1. The predicted octanol–water partition coefficient (Wildman–Crippen LogP) is 2.67. The van der Waals surface area contributed by atoms with E-state index < -0.39 is 0 Å². The van der Waals surface area contributed by atoms with Crippen molar-refractivity contribution in [1.82, 2.24) is 14.9 Å². The summed E-state index contributed by atoms with van der Waals surface area (Å²) in [6, 6.07) is 0. The maximum atomic E-state index is 4.49. The van der Waals surface area contributed by atoms with Crippen LogP contribution in [0.3, 0.4) is 0 Å². The van der Waals surface area contributed by atoms with Gasteiger partial charge < -0.3 is 5.32 Å². The lowest BCUT2D eigenvalue weighted by atomic mass is 10.2. The van der Waals surface area contributed by atoms with E-state index in [9.17, 15) is 0 Å². The molecule has 0 saturated carbocycles. The van der Waals surface area contributed by atoms with Gasteiger partial charge in [0.15, 0.2) is 0 Å². The molecule has 0 aliphatic carbocycles. The molecule has 0 radical (unpaired) electrons. The molecule has 1 aromatic heterocycles. The summed E-state index contributed by atoms with van der Waals surface area (Å²) in [5, 5.41) is 3.25. The molecule has 4 heteroatoms. The van der Waals surface area contributed by atoms with Gasteiger partial charge in [0, 0.05) is 13.1 Å². The average molecular weight is 248 g/mol. The Hall–Kier alpha value is -1.16. The van der Waals surface area contributed by atoms with Crippen LogP contribution in [-0.4, -0.2) is 34.5 Å². The van der Waals surface area contributed by atoms with Crippen molar-refractivity contribution in [3.05, 3.63) is 18.1 Å². The van der Waals surface area contributed by atoms with Crippen LogP contribution in [0.5, 0.6) is 0 Å².